The third-order valence-electron chi connectivity index (χ3n) is 5.50. The maximum Gasteiger partial charge on any atom is 0.340 e. The average molecular weight is 564 g/mol. The molecule has 0 aliphatic carbocycles. The minimum atomic E-state index is -0.831. The lowest BCUT2D eigenvalue weighted by atomic mass is 10.1. The van der Waals surface area contributed by atoms with E-state index in [2.05, 4.69) is 26.6 Å². The first-order valence-corrected chi connectivity index (χ1v) is 11.9. The van der Waals surface area contributed by atoms with Crippen molar-refractivity contribution in [3.63, 3.8) is 0 Å². The molecule has 0 saturated heterocycles. The fourth-order valence-corrected chi connectivity index (χ4v) is 4.01. The summed E-state index contributed by atoms with van der Waals surface area (Å²) in [4.78, 5) is 51.5. The Labute approximate surface area is 220 Å². The topological polar surface area (TPSA) is 118 Å². The number of rotatable bonds is 6. The zero-order valence-electron chi connectivity index (χ0n) is 19.9. The fourth-order valence-electron chi connectivity index (χ4n) is 3.75. The average Bonchev–Trinajstić information content (AvgIpc) is 3.45. The van der Waals surface area contributed by atoms with Crippen LogP contribution in [-0.2, 0) is 30.5 Å². The number of furan rings is 1. The summed E-state index contributed by atoms with van der Waals surface area (Å²) in [6, 6.07) is 18.9. The van der Waals surface area contributed by atoms with E-state index in [1.807, 2.05) is 0 Å². The number of amides is 3. The second kappa shape index (κ2) is 11.1. The molecule has 0 radical (unpaired) electrons. The molecule has 2 N–H and O–H groups in total. The molecular weight excluding hydrogens is 542 g/mol. The van der Waals surface area contributed by atoms with Crippen molar-refractivity contribution in [1.29, 1.82) is 0 Å². The number of carbonyl (C=O) groups excluding carboxylic acids is 4. The van der Waals surface area contributed by atoms with Crippen molar-refractivity contribution in [3.05, 3.63) is 99.6 Å². The normalized spacial score (nSPS) is 14.2. The highest BCUT2D eigenvalue weighted by molar-refractivity contribution is 9.10. The molecule has 0 unspecified atom stereocenters. The molecule has 3 amide bonds. The van der Waals surface area contributed by atoms with Gasteiger partial charge in [0, 0.05) is 21.5 Å². The molecule has 0 saturated carbocycles. The molecule has 0 atom stereocenters. The molecule has 0 bridgehead atoms. The van der Waals surface area contributed by atoms with Gasteiger partial charge in [0.15, 0.2) is 0 Å². The third-order valence-corrected chi connectivity index (χ3v) is 6.03. The predicted octanol–water partition coefficient (Wildman–Crippen LogP) is 4.17. The van der Waals surface area contributed by atoms with E-state index in [4.69, 9.17) is 9.15 Å². The van der Waals surface area contributed by atoms with Crippen LogP contribution in [0.15, 0.2) is 92.5 Å². The number of esters is 1. The Hall–Kier alpha value is -4.44. The van der Waals surface area contributed by atoms with E-state index in [9.17, 15) is 19.2 Å². The Morgan fingerprint density at radius 1 is 1.00 bits per heavy atom. The largest absolute Gasteiger partial charge is 0.465 e. The van der Waals surface area contributed by atoms with Gasteiger partial charge in [0.2, 0.25) is 0 Å². The lowest BCUT2D eigenvalue weighted by Gasteiger charge is -2.17. The highest BCUT2D eigenvalue weighted by atomic mass is 79.9. The number of anilines is 2. The van der Waals surface area contributed by atoms with Crippen molar-refractivity contribution in [2.75, 3.05) is 17.3 Å². The number of benzene rings is 2. The molecule has 0 fully saturated rings. The maximum absolute atomic E-state index is 13.3. The molecule has 2 aromatic carbocycles. The van der Waals surface area contributed by atoms with Gasteiger partial charge in [-0.25, -0.2) is 4.79 Å². The molecule has 1 aliphatic heterocycles. The number of ether oxygens (including phenoxy) is 1. The Morgan fingerprint density at radius 2 is 1.70 bits per heavy atom. The van der Waals surface area contributed by atoms with Crippen LogP contribution in [0.1, 0.15) is 18.4 Å². The van der Waals surface area contributed by atoms with E-state index in [1.165, 1.54) is 18.1 Å². The summed E-state index contributed by atoms with van der Waals surface area (Å²) in [7, 11) is 1.24. The number of methoxy groups -OCH3 is 1. The highest BCUT2D eigenvalue weighted by Crippen LogP contribution is 2.36. The van der Waals surface area contributed by atoms with Crippen LogP contribution in [0.25, 0.3) is 6.08 Å². The number of hydrogen-bond acceptors (Lipinski definition) is 6. The first-order chi connectivity index (χ1) is 17.8. The number of nitrogens with zero attached hydrogens (tertiary/aromatic N) is 1. The highest BCUT2D eigenvalue weighted by Gasteiger charge is 2.38. The van der Waals surface area contributed by atoms with Gasteiger partial charge in [-0.3, -0.25) is 19.3 Å². The Kier molecular flexibility index (Phi) is 7.69. The zero-order chi connectivity index (χ0) is 26.5. The summed E-state index contributed by atoms with van der Waals surface area (Å²) in [5.74, 6) is -2.07. The van der Waals surface area contributed by atoms with E-state index in [0.29, 0.717) is 22.8 Å². The van der Waals surface area contributed by atoms with Crippen LogP contribution in [0.5, 0.6) is 0 Å². The van der Waals surface area contributed by atoms with E-state index < -0.39 is 23.7 Å². The van der Waals surface area contributed by atoms with E-state index >= 15 is 0 Å². The first kappa shape index (κ1) is 25.6. The fraction of sp³-hybridized carbons (Fsp3) is 0.111. The van der Waals surface area contributed by atoms with Crippen LogP contribution in [0, 0.1) is 0 Å². The van der Waals surface area contributed by atoms with Crippen LogP contribution in [0.4, 0.5) is 11.4 Å². The van der Waals surface area contributed by atoms with Gasteiger partial charge in [-0.05, 0) is 61.5 Å². The predicted molar refractivity (Wildman–Crippen MR) is 140 cm³/mol. The Balaban J connectivity index is 1.50. The van der Waals surface area contributed by atoms with Crippen molar-refractivity contribution in [2.24, 2.45) is 0 Å². The molecule has 9 nitrogen and oxygen atoms in total. The van der Waals surface area contributed by atoms with Crippen molar-refractivity contribution >= 4 is 57.1 Å². The van der Waals surface area contributed by atoms with Crippen LogP contribution >= 0.6 is 15.9 Å². The second-order valence-corrected chi connectivity index (χ2v) is 8.85. The van der Waals surface area contributed by atoms with Crippen molar-refractivity contribution in [2.45, 2.75) is 13.5 Å². The van der Waals surface area contributed by atoms with Crippen molar-refractivity contribution in [1.82, 2.24) is 5.32 Å². The molecule has 2 heterocycles. The number of carbonyl (C=O) groups is 4. The Morgan fingerprint density at radius 3 is 2.38 bits per heavy atom. The van der Waals surface area contributed by atoms with E-state index in [0.717, 1.165) is 4.47 Å². The minimum absolute atomic E-state index is 0.0537. The molecule has 0 spiro atoms. The zero-order valence-corrected chi connectivity index (χ0v) is 21.5. The van der Waals surface area contributed by atoms with Gasteiger partial charge in [0.05, 0.1) is 24.8 Å². The quantitative estimate of drug-likeness (QED) is 0.264. The number of halogens is 1. The first-order valence-electron chi connectivity index (χ1n) is 11.1. The molecule has 37 heavy (non-hydrogen) atoms. The van der Waals surface area contributed by atoms with E-state index in [-0.39, 0.29) is 23.5 Å². The summed E-state index contributed by atoms with van der Waals surface area (Å²) in [5.41, 5.74) is 1.75. The lowest BCUT2D eigenvalue weighted by Crippen LogP contribution is -2.34. The number of nitrogens with one attached hydrogen (secondary N) is 2. The van der Waals surface area contributed by atoms with Gasteiger partial charge in [-0.2, -0.15) is 0 Å². The van der Waals surface area contributed by atoms with Crippen molar-refractivity contribution < 1.29 is 28.3 Å². The SMILES string of the molecule is COC(=O)C1=C(C)N(c2ccc(Br)cc2)C(=O)C1=Cc1ccc(CNC(=O)C(=O)Nc2ccccc2)o1. The summed E-state index contributed by atoms with van der Waals surface area (Å²) in [6.07, 6.45) is 1.45. The van der Waals surface area contributed by atoms with Gasteiger partial charge in [-0.1, -0.05) is 34.1 Å². The van der Waals surface area contributed by atoms with Gasteiger partial charge in [0.25, 0.3) is 5.91 Å². The van der Waals surface area contributed by atoms with Crippen molar-refractivity contribution in [3.8, 4) is 0 Å². The Bertz CT molecular complexity index is 1420. The maximum atomic E-state index is 13.3. The summed E-state index contributed by atoms with van der Waals surface area (Å²) in [6.45, 7) is 1.61. The summed E-state index contributed by atoms with van der Waals surface area (Å²) >= 11 is 3.37. The number of allylic oxidation sites excluding steroid dienone is 1. The van der Waals surface area contributed by atoms with Crippen LogP contribution in [-0.4, -0.2) is 30.8 Å². The standard InChI is InChI=1S/C27H22BrN3O6/c1-16-23(27(35)36-2)22(26(34)31(16)19-10-8-17(28)9-11-19)14-20-12-13-21(37-20)15-29-24(32)25(33)30-18-6-4-3-5-7-18/h3-14H,15H2,1-2H3,(H,29,32)(H,30,33). The lowest BCUT2D eigenvalue weighted by molar-refractivity contribution is -0.136. The summed E-state index contributed by atoms with van der Waals surface area (Å²) in [5, 5.41) is 4.98. The monoisotopic (exact) mass is 563 g/mol. The molecule has 4 rings (SSSR count). The van der Waals surface area contributed by atoms with E-state index in [1.54, 1.807) is 73.7 Å². The second-order valence-electron chi connectivity index (χ2n) is 7.93. The van der Waals surface area contributed by atoms with Crippen LogP contribution in [0.3, 0.4) is 0 Å². The minimum Gasteiger partial charge on any atom is -0.465 e. The smallest absolute Gasteiger partial charge is 0.340 e. The van der Waals surface area contributed by atoms with Gasteiger partial charge in [-0.15, -0.1) is 0 Å². The third kappa shape index (κ3) is 5.70. The summed E-state index contributed by atoms with van der Waals surface area (Å²) < 4.78 is 11.5. The molecule has 1 aliphatic rings. The number of hydrogen-bond donors (Lipinski definition) is 2. The van der Waals surface area contributed by atoms with Gasteiger partial charge < -0.3 is 19.8 Å². The molecule has 1 aromatic heterocycles. The van der Waals surface area contributed by atoms with Crippen LogP contribution < -0.4 is 15.5 Å². The van der Waals surface area contributed by atoms with Crippen LogP contribution in [0.2, 0.25) is 0 Å². The number of para-hydroxylation sites is 1. The molecule has 188 valence electrons. The van der Waals surface area contributed by atoms with Gasteiger partial charge in [0.1, 0.15) is 11.5 Å². The molecular formula is C27H22BrN3O6. The molecule has 3 aromatic rings. The molecule has 10 heteroatoms. The van der Waals surface area contributed by atoms with Gasteiger partial charge >= 0.3 is 17.8 Å².